The van der Waals surface area contributed by atoms with Crippen LogP contribution in [0.4, 0.5) is 0 Å². The van der Waals surface area contributed by atoms with Crippen molar-refractivity contribution in [3.8, 4) is 0 Å². The van der Waals surface area contributed by atoms with E-state index in [9.17, 15) is 9.59 Å². The van der Waals surface area contributed by atoms with Gasteiger partial charge in [0.05, 0.1) is 12.7 Å². The molecule has 1 heterocycles. The van der Waals surface area contributed by atoms with Gasteiger partial charge in [0.1, 0.15) is 0 Å². The maximum Gasteiger partial charge on any atom is 0.347 e. The summed E-state index contributed by atoms with van der Waals surface area (Å²) in [5.74, 6) is -0.956. The Balaban J connectivity index is 2.43. The minimum Gasteiger partial charge on any atom is -0.466 e. The van der Waals surface area contributed by atoms with Crippen molar-refractivity contribution in [1.82, 2.24) is 0 Å². The number of hydrogen-bond acceptors (Lipinski definition) is 4. The van der Waals surface area contributed by atoms with E-state index < -0.39 is 18.0 Å². The molecule has 1 aromatic rings. The molecule has 0 N–H and O–H groups in total. The molecule has 1 aromatic carbocycles. The van der Waals surface area contributed by atoms with Gasteiger partial charge in [-0.15, -0.1) is 0 Å². The predicted molar refractivity (Wildman–Crippen MR) is 60.8 cm³/mol. The fraction of sp³-hybridized carbons (Fsp3) is 0.385. The van der Waals surface area contributed by atoms with E-state index in [4.69, 9.17) is 4.74 Å². The number of methoxy groups -OCH3 is 1. The van der Waals surface area contributed by atoms with Crippen LogP contribution >= 0.6 is 0 Å². The van der Waals surface area contributed by atoms with E-state index in [0.29, 0.717) is 12.0 Å². The fourth-order valence-corrected chi connectivity index (χ4v) is 2.20. The Morgan fingerprint density at radius 2 is 2.12 bits per heavy atom. The van der Waals surface area contributed by atoms with Crippen molar-refractivity contribution in [1.29, 1.82) is 0 Å². The summed E-state index contributed by atoms with van der Waals surface area (Å²) in [5.41, 5.74) is 3.39. The largest absolute Gasteiger partial charge is 0.466 e. The second kappa shape index (κ2) is 4.20. The Hall–Kier alpha value is -1.84. The van der Waals surface area contributed by atoms with Gasteiger partial charge >= 0.3 is 11.9 Å². The number of rotatable bonds is 1. The molecule has 0 aliphatic carbocycles. The van der Waals surface area contributed by atoms with Crippen molar-refractivity contribution in [2.75, 3.05) is 7.11 Å². The van der Waals surface area contributed by atoms with E-state index >= 15 is 0 Å². The van der Waals surface area contributed by atoms with Gasteiger partial charge in [0.25, 0.3) is 0 Å². The van der Waals surface area contributed by atoms with Gasteiger partial charge in [-0.2, -0.15) is 0 Å². The molecule has 90 valence electrons. The van der Waals surface area contributed by atoms with E-state index in [0.717, 1.165) is 16.7 Å². The van der Waals surface area contributed by atoms with Crippen LogP contribution in [-0.2, 0) is 20.7 Å². The highest BCUT2D eigenvalue weighted by Crippen LogP contribution is 2.25. The van der Waals surface area contributed by atoms with Gasteiger partial charge in [-0.05, 0) is 25.0 Å². The summed E-state index contributed by atoms with van der Waals surface area (Å²) in [6.45, 7) is 3.83. The van der Waals surface area contributed by atoms with Gasteiger partial charge < -0.3 is 9.47 Å². The molecule has 0 radical (unpaired) electrons. The number of ether oxygens (including phenoxy) is 2. The highest BCUT2D eigenvalue weighted by atomic mass is 16.6. The summed E-state index contributed by atoms with van der Waals surface area (Å²) >= 11 is 0. The van der Waals surface area contributed by atoms with Crippen LogP contribution in [0.15, 0.2) is 12.1 Å². The third-order valence-corrected chi connectivity index (χ3v) is 2.88. The van der Waals surface area contributed by atoms with Gasteiger partial charge in [-0.3, -0.25) is 0 Å². The van der Waals surface area contributed by atoms with Crippen molar-refractivity contribution in [3.63, 3.8) is 0 Å². The first-order chi connectivity index (χ1) is 8.02. The lowest BCUT2D eigenvalue weighted by molar-refractivity contribution is -0.151. The highest BCUT2D eigenvalue weighted by Gasteiger charge is 2.32. The van der Waals surface area contributed by atoms with Crippen LogP contribution in [-0.4, -0.2) is 25.2 Å². The van der Waals surface area contributed by atoms with Gasteiger partial charge in [0.15, 0.2) is 0 Å². The number of hydrogen-bond donors (Lipinski definition) is 0. The molecule has 0 saturated carbocycles. The number of benzene rings is 1. The second-order valence-electron chi connectivity index (χ2n) is 4.24. The maximum absolute atomic E-state index is 11.8. The standard InChI is InChI=1S/C13H14O4/c1-7-4-8(2)11-9(5-7)6-10(12(14)16-3)17-13(11)15/h4-5,10H,6H2,1-3H3. The lowest BCUT2D eigenvalue weighted by Crippen LogP contribution is -2.35. The van der Waals surface area contributed by atoms with Crippen LogP contribution in [0.2, 0.25) is 0 Å². The molecule has 17 heavy (non-hydrogen) atoms. The molecule has 0 fully saturated rings. The minimum atomic E-state index is -0.818. The summed E-state index contributed by atoms with van der Waals surface area (Å²) in [5, 5.41) is 0. The monoisotopic (exact) mass is 234 g/mol. The predicted octanol–water partition coefficient (Wildman–Crippen LogP) is 1.56. The number of cyclic esters (lactones) is 1. The Kier molecular flexibility index (Phi) is 2.88. The number of aryl methyl sites for hydroxylation is 2. The smallest absolute Gasteiger partial charge is 0.347 e. The summed E-state index contributed by atoms with van der Waals surface area (Å²) in [7, 11) is 1.28. The molecule has 0 amide bonds. The SMILES string of the molecule is COC(=O)C1Cc2cc(C)cc(C)c2C(=O)O1. The third kappa shape index (κ3) is 2.02. The second-order valence-corrected chi connectivity index (χ2v) is 4.24. The van der Waals surface area contributed by atoms with Gasteiger partial charge in [0, 0.05) is 6.42 Å². The summed E-state index contributed by atoms with van der Waals surface area (Å²) in [6, 6.07) is 3.84. The zero-order valence-corrected chi connectivity index (χ0v) is 10.1. The van der Waals surface area contributed by atoms with Crippen LogP contribution in [0.5, 0.6) is 0 Å². The lowest BCUT2D eigenvalue weighted by Gasteiger charge is -2.24. The average molecular weight is 234 g/mol. The molecule has 4 nitrogen and oxygen atoms in total. The number of fused-ring (bicyclic) bond motifs is 1. The Labute approximate surface area is 99.5 Å². The van der Waals surface area contributed by atoms with Crippen molar-refractivity contribution < 1.29 is 19.1 Å². The normalized spacial score (nSPS) is 18.3. The highest BCUT2D eigenvalue weighted by molar-refractivity contribution is 5.96. The number of esters is 2. The van der Waals surface area contributed by atoms with Crippen LogP contribution < -0.4 is 0 Å². The number of carbonyl (C=O) groups excluding carboxylic acids is 2. The van der Waals surface area contributed by atoms with Crippen LogP contribution in [0.1, 0.15) is 27.0 Å². The molecule has 0 spiro atoms. The van der Waals surface area contributed by atoms with Crippen molar-refractivity contribution in [3.05, 3.63) is 34.4 Å². The Morgan fingerprint density at radius 1 is 1.41 bits per heavy atom. The van der Waals surface area contributed by atoms with E-state index in [-0.39, 0.29) is 0 Å². The fourth-order valence-electron chi connectivity index (χ4n) is 2.20. The average Bonchev–Trinajstić information content (AvgIpc) is 2.26. The minimum absolute atomic E-state index is 0.385. The van der Waals surface area contributed by atoms with Crippen molar-refractivity contribution in [2.45, 2.75) is 26.4 Å². The summed E-state index contributed by atoms with van der Waals surface area (Å²) in [6.07, 6.45) is -0.433. The zero-order valence-electron chi connectivity index (χ0n) is 10.1. The lowest BCUT2D eigenvalue weighted by atomic mass is 9.93. The molecule has 0 aromatic heterocycles. The molecule has 1 unspecified atom stereocenters. The topological polar surface area (TPSA) is 52.6 Å². The van der Waals surface area contributed by atoms with Crippen LogP contribution in [0.3, 0.4) is 0 Å². The molecule has 0 saturated heterocycles. The molecular weight excluding hydrogens is 220 g/mol. The van der Waals surface area contributed by atoms with Gasteiger partial charge in [-0.1, -0.05) is 17.7 Å². The Morgan fingerprint density at radius 3 is 2.76 bits per heavy atom. The van der Waals surface area contributed by atoms with E-state index in [1.165, 1.54) is 7.11 Å². The Bertz CT molecular complexity index is 490. The molecule has 0 bridgehead atoms. The molecular formula is C13H14O4. The van der Waals surface area contributed by atoms with E-state index in [1.807, 2.05) is 26.0 Å². The van der Waals surface area contributed by atoms with Crippen molar-refractivity contribution >= 4 is 11.9 Å². The summed E-state index contributed by atoms with van der Waals surface area (Å²) < 4.78 is 9.67. The van der Waals surface area contributed by atoms with Gasteiger partial charge in [-0.25, -0.2) is 9.59 Å². The zero-order chi connectivity index (χ0) is 12.6. The molecule has 2 rings (SSSR count). The van der Waals surface area contributed by atoms with Crippen LogP contribution in [0, 0.1) is 13.8 Å². The molecule has 1 atom stereocenters. The first-order valence-electron chi connectivity index (χ1n) is 5.42. The van der Waals surface area contributed by atoms with Crippen LogP contribution in [0.25, 0.3) is 0 Å². The number of carbonyl (C=O) groups is 2. The maximum atomic E-state index is 11.8. The first-order valence-corrected chi connectivity index (χ1v) is 5.42. The summed E-state index contributed by atoms with van der Waals surface area (Å²) in [4.78, 5) is 23.2. The first kappa shape index (κ1) is 11.6. The van der Waals surface area contributed by atoms with Gasteiger partial charge in [0.2, 0.25) is 6.10 Å². The third-order valence-electron chi connectivity index (χ3n) is 2.88. The molecule has 4 heteroatoms. The van der Waals surface area contributed by atoms with Crippen molar-refractivity contribution in [2.24, 2.45) is 0 Å². The molecule has 1 aliphatic rings. The van der Waals surface area contributed by atoms with E-state index in [1.54, 1.807) is 0 Å². The van der Waals surface area contributed by atoms with E-state index in [2.05, 4.69) is 4.74 Å². The quantitative estimate of drug-likeness (QED) is 0.692. The molecule has 1 aliphatic heterocycles.